The van der Waals surface area contributed by atoms with Gasteiger partial charge in [0.25, 0.3) is 0 Å². The number of hydrazine groups is 1. The van der Waals surface area contributed by atoms with Crippen LogP contribution >= 0.6 is 0 Å². The van der Waals surface area contributed by atoms with Crippen LogP contribution in [0.2, 0.25) is 0 Å². The summed E-state index contributed by atoms with van der Waals surface area (Å²) in [5.74, 6) is 3.87. The molecule has 0 radical (unpaired) electrons. The molecule has 2 N–H and O–H groups in total. The molecule has 0 amide bonds. The Balaban J connectivity index is 1.24. The van der Waals surface area contributed by atoms with Crippen molar-refractivity contribution in [3.8, 4) is 0 Å². The summed E-state index contributed by atoms with van der Waals surface area (Å²) >= 11 is 0. The normalized spacial score (nSPS) is 40.5. The van der Waals surface area contributed by atoms with E-state index in [-0.39, 0.29) is 0 Å². The molecule has 4 rings (SSSR count). The third-order valence-corrected chi connectivity index (χ3v) is 8.01. The molecule has 2 heterocycles. The van der Waals surface area contributed by atoms with Crippen molar-refractivity contribution >= 4 is 0 Å². The highest BCUT2D eigenvalue weighted by atomic mass is 15.5. The Morgan fingerprint density at radius 2 is 1.65 bits per heavy atom. The SMILES string of the molecule is C=CC1CC(CN2CCC(C3CCCC(C4CCCCC4)C3)N2)CCN1. The summed E-state index contributed by atoms with van der Waals surface area (Å²) in [5.41, 5.74) is 3.95. The van der Waals surface area contributed by atoms with E-state index >= 15 is 0 Å². The van der Waals surface area contributed by atoms with Gasteiger partial charge in [-0.25, -0.2) is 5.01 Å². The summed E-state index contributed by atoms with van der Waals surface area (Å²) in [5, 5.41) is 6.14. The number of nitrogens with zero attached hydrogens (tertiary/aromatic N) is 1. The van der Waals surface area contributed by atoms with Crippen molar-refractivity contribution in [1.82, 2.24) is 15.8 Å². The molecule has 148 valence electrons. The van der Waals surface area contributed by atoms with Gasteiger partial charge in [0, 0.05) is 25.2 Å². The van der Waals surface area contributed by atoms with E-state index < -0.39 is 0 Å². The van der Waals surface area contributed by atoms with Crippen LogP contribution in [0.15, 0.2) is 12.7 Å². The molecule has 0 aromatic heterocycles. The van der Waals surface area contributed by atoms with Crippen molar-refractivity contribution in [3.63, 3.8) is 0 Å². The highest BCUT2D eigenvalue weighted by Crippen LogP contribution is 2.42. The summed E-state index contributed by atoms with van der Waals surface area (Å²) < 4.78 is 0. The van der Waals surface area contributed by atoms with Gasteiger partial charge in [-0.05, 0) is 62.3 Å². The van der Waals surface area contributed by atoms with Gasteiger partial charge in [0.1, 0.15) is 0 Å². The number of hydrogen-bond acceptors (Lipinski definition) is 3. The lowest BCUT2D eigenvalue weighted by Gasteiger charge is -2.39. The van der Waals surface area contributed by atoms with E-state index in [0.717, 1.165) is 36.3 Å². The van der Waals surface area contributed by atoms with E-state index in [2.05, 4.69) is 28.4 Å². The first-order valence-corrected chi connectivity index (χ1v) is 11.7. The van der Waals surface area contributed by atoms with Crippen LogP contribution in [0.3, 0.4) is 0 Å². The molecule has 0 bridgehead atoms. The Morgan fingerprint density at radius 1 is 0.846 bits per heavy atom. The quantitative estimate of drug-likeness (QED) is 0.708. The maximum atomic E-state index is 3.98. The molecule has 0 spiro atoms. The number of rotatable bonds is 5. The van der Waals surface area contributed by atoms with E-state index in [1.165, 1.54) is 90.1 Å². The molecular formula is C23H41N3. The van der Waals surface area contributed by atoms with Crippen molar-refractivity contribution in [2.45, 2.75) is 89.1 Å². The number of nitrogens with one attached hydrogen (secondary N) is 2. The number of piperidine rings is 1. The first-order chi connectivity index (χ1) is 12.8. The average molecular weight is 360 g/mol. The minimum atomic E-state index is 0.529. The molecule has 2 aliphatic heterocycles. The third kappa shape index (κ3) is 4.72. The lowest BCUT2D eigenvalue weighted by Crippen LogP contribution is -2.45. The van der Waals surface area contributed by atoms with Crippen molar-refractivity contribution in [3.05, 3.63) is 12.7 Å². The largest absolute Gasteiger partial charge is 0.311 e. The molecule has 2 aliphatic carbocycles. The minimum Gasteiger partial charge on any atom is -0.311 e. The molecule has 0 aromatic carbocycles. The van der Waals surface area contributed by atoms with Gasteiger partial charge in [-0.2, -0.15) is 0 Å². The Hall–Kier alpha value is -0.380. The minimum absolute atomic E-state index is 0.529. The fraction of sp³-hybridized carbons (Fsp3) is 0.913. The van der Waals surface area contributed by atoms with Crippen molar-refractivity contribution in [2.24, 2.45) is 23.7 Å². The summed E-state index contributed by atoms with van der Waals surface area (Å²) in [6, 6.07) is 1.29. The molecule has 5 atom stereocenters. The fourth-order valence-corrected chi connectivity index (χ4v) is 6.50. The van der Waals surface area contributed by atoms with E-state index in [9.17, 15) is 0 Å². The van der Waals surface area contributed by atoms with Gasteiger partial charge in [0.15, 0.2) is 0 Å². The van der Waals surface area contributed by atoms with E-state index in [1.54, 1.807) is 0 Å². The highest BCUT2D eigenvalue weighted by Gasteiger charge is 2.36. The molecular weight excluding hydrogens is 318 g/mol. The molecule has 26 heavy (non-hydrogen) atoms. The third-order valence-electron chi connectivity index (χ3n) is 8.01. The van der Waals surface area contributed by atoms with Gasteiger partial charge in [0.2, 0.25) is 0 Å². The Kier molecular flexibility index (Phi) is 6.72. The summed E-state index contributed by atoms with van der Waals surface area (Å²) in [6.07, 6.45) is 19.6. The van der Waals surface area contributed by atoms with E-state index in [4.69, 9.17) is 0 Å². The second kappa shape index (κ2) is 9.21. The van der Waals surface area contributed by atoms with Gasteiger partial charge in [-0.3, -0.25) is 5.43 Å². The first kappa shape index (κ1) is 19.0. The van der Waals surface area contributed by atoms with Crippen LogP contribution in [0.25, 0.3) is 0 Å². The Morgan fingerprint density at radius 3 is 2.50 bits per heavy atom. The molecule has 3 heteroatoms. The fourth-order valence-electron chi connectivity index (χ4n) is 6.50. The second-order valence-corrected chi connectivity index (χ2v) is 9.74. The zero-order chi connectivity index (χ0) is 17.8. The summed E-state index contributed by atoms with van der Waals surface area (Å²) in [4.78, 5) is 0. The summed E-state index contributed by atoms with van der Waals surface area (Å²) in [7, 11) is 0. The molecule has 2 saturated heterocycles. The maximum Gasteiger partial charge on any atom is 0.0256 e. The van der Waals surface area contributed by atoms with Crippen LogP contribution in [0.1, 0.15) is 77.0 Å². The molecule has 2 saturated carbocycles. The lowest BCUT2D eigenvalue weighted by molar-refractivity contribution is 0.117. The van der Waals surface area contributed by atoms with Crippen LogP contribution in [0.5, 0.6) is 0 Å². The van der Waals surface area contributed by atoms with Crippen LogP contribution in [0, 0.1) is 23.7 Å². The van der Waals surface area contributed by atoms with Crippen LogP contribution in [-0.4, -0.2) is 36.7 Å². The van der Waals surface area contributed by atoms with Gasteiger partial charge in [-0.1, -0.05) is 51.0 Å². The van der Waals surface area contributed by atoms with Crippen LogP contribution < -0.4 is 10.7 Å². The topological polar surface area (TPSA) is 27.3 Å². The van der Waals surface area contributed by atoms with Gasteiger partial charge < -0.3 is 5.32 Å². The van der Waals surface area contributed by atoms with Crippen molar-refractivity contribution in [2.75, 3.05) is 19.6 Å². The Labute approximate surface area is 161 Å². The first-order valence-electron chi connectivity index (χ1n) is 11.7. The van der Waals surface area contributed by atoms with Gasteiger partial charge in [-0.15, -0.1) is 6.58 Å². The van der Waals surface area contributed by atoms with Crippen molar-refractivity contribution < 1.29 is 0 Å². The maximum absolute atomic E-state index is 3.98. The van der Waals surface area contributed by atoms with Crippen LogP contribution in [0.4, 0.5) is 0 Å². The second-order valence-electron chi connectivity index (χ2n) is 9.74. The summed E-state index contributed by atoms with van der Waals surface area (Å²) in [6.45, 7) is 7.63. The number of hydrogen-bond donors (Lipinski definition) is 2. The zero-order valence-corrected chi connectivity index (χ0v) is 16.8. The predicted octanol–water partition coefficient (Wildman–Crippen LogP) is 4.51. The molecule has 3 nitrogen and oxygen atoms in total. The smallest absolute Gasteiger partial charge is 0.0256 e. The molecule has 5 unspecified atom stereocenters. The van der Waals surface area contributed by atoms with E-state index in [0.29, 0.717) is 6.04 Å². The average Bonchev–Trinajstić information content (AvgIpc) is 3.17. The van der Waals surface area contributed by atoms with Gasteiger partial charge >= 0.3 is 0 Å². The Bertz CT molecular complexity index is 445. The standard InChI is InChI=1S/C23H41N3/c1-2-22-15-18(11-13-24-22)17-26-14-12-23(25-26)21-10-6-9-20(16-21)19-7-4-3-5-8-19/h2,18-25H,1,3-17H2. The van der Waals surface area contributed by atoms with Gasteiger partial charge in [0.05, 0.1) is 0 Å². The molecule has 4 fully saturated rings. The zero-order valence-electron chi connectivity index (χ0n) is 16.8. The predicted molar refractivity (Wildman–Crippen MR) is 110 cm³/mol. The van der Waals surface area contributed by atoms with E-state index in [1.807, 2.05) is 0 Å². The monoisotopic (exact) mass is 359 g/mol. The highest BCUT2D eigenvalue weighted by molar-refractivity contribution is 4.93. The van der Waals surface area contributed by atoms with Crippen molar-refractivity contribution in [1.29, 1.82) is 0 Å². The molecule has 4 aliphatic rings. The van der Waals surface area contributed by atoms with Crippen LogP contribution in [-0.2, 0) is 0 Å². The lowest BCUT2D eigenvalue weighted by atomic mass is 9.69. The molecule has 0 aromatic rings.